The average Bonchev–Trinajstić information content (AvgIpc) is 2.28. The summed E-state index contributed by atoms with van der Waals surface area (Å²) in [6.45, 7) is 6.17. The number of hydrogen-bond acceptors (Lipinski definition) is 3. The van der Waals surface area contributed by atoms with Crippen molar-refractivity contribution in [3.05, 3.63) is 35.4 Å². The van der Waals surface area contributed by atoms with E-state index in [9.17, 15) is 4.79 Å². The highest BCUT2D eigenvalue weighted by Crippen LogP contribution is 2.14. The minimum Gasteiger partial charge on any atom is -0.469 e. The van der Waals surface area contributed by atoms with Crippen LogP contribution in [0.25, 0.3) is 0 Å². The number of rotatable bonds is 5. The fraction of sp³-hybridized carbons (Fsp3) is 0.500. The molecule has 0 aliphatic rings. The summed E-state index contributed by atoms with van der Waals surface area (Å²) in [5, 5.41) is 3.39. The molecular formula is C14H21NO2. The Balaban J connectivity index is 2.54. The molecule has 1 unspecified atom stereocenters. The van der Waals surface area contributed by atoms with Crippen LogP contribution in [0.1, 0.15) is 37.4 Å². The van der Waals surface area contributed by atoms with Crippen molar-refractivity contribution in [1.29, 1.82) is 0 Å². The van der Waals surface area contributed by atoms with E-state index in [1.807, 2.05) is 13.0 Å². The first-order valence-electron chi connectivity index (χ1n) is 5.92. The lowest BCUT2D eigenvalue weighted by atomic mass is 10.0. The Morgan fingerprint density at radius 3 is 2.71 bits per heavy atom. The molecule has 1 aromatic rings. The van der Waals surface area contributed by atoms with Crippen molar-refractivity contribution >= 4 is 5.97 Å². The van der Waals surface area contributed by atoms with Crippen LogP contribution in [0.2, 0.25) is 0 Å². The summed E-state index contributed by atoms with van der Waals surface area (Å²) < 4.78 is 4.65. The summed E-state index contributed by atoms with van der Waals surface area (Å²) in [4.78, 5) is 11.1. The third-order valence-corrected chi connectivity index (χ3v) is 2.78. The number of aryl methyl sites for hydroxylation is 1. The molecule has 0 fully saturated rings. The number of ether oxygens (including phenoxy) is 1. The minimum atomic E-state index is -0.179. The van der Waals surface area contributed by atoms with Gasteiger partial charge in [0.1, 0.15) is 0 Å². The molecule has 1 N–H and O–H groups in total. The van der Waals surface area contributed by atoms with Crippen molar-refractivity contribution in [3.8, 4) is 0 Å². The van der Waals surface area contributed by atoms with Crippen LogP contribution in [-0.4, -0.2) is 19.1 Å². The molecule has 1 rings (SSSR count). The molecule has 0 bridgehead atoms. The van der Waals surface area contributed by atoms with Gasteiger partial charge in [-0.1, -0.05) is 29.8 Å². The van der Waals surface area contributed by atoms with Crippen molar-refractivity contribution in [1.82, 2.24) is 5.32 Å². The highest BCUT2D eigenvalue weighted by atomic mass is 16.5. The largest absolute Gasteiger partial charge is 0.469 e. The van der Waals surface area contributed by atoms with Gasteiger partial charge in [0.2, 0.25) is 0 Å². The van der Waals surface area contributed by atoms with Gasteiger partial charge >= 0.3 is 5.97 Å². The molecule has 0 aliphatic carbocycles. The molecule has 0 saturated carbocycles. The normalized spacial score (nSPS) is 14.1. The Bertz CT molecular complexity index is 376. The number of nitrogens with one attached hydrogen (secondary N) is 1. The number of carbonyl (C=O) groups excluding carboxylic acids is 1. The lowest BCUT2D eigenvalue weighted by Gasteiger charge is -2.19. The van der Waals surface area contributed by atoms with Crippen LogP contribution in [0.4, 0.5) is 0 Å². The number of carbonyl (C=O) groups is 1. The summed E-state index contributed by atoms with van der Waals surface area (Å²) in [5.74, 6) is -0.179. The zero-order valence-electron chi connectivity index (χ0n) is 11.0. The number of benzene rings is 1. The van der Waals surface area contributed by atoms with Crippen LogP contribution >= 0.6 is 0 Å². The van der Waals surface area contributed by atoms with E-state index in [2.05, 4.69) is 42.1 Å². The predicted molar refractivity (Wildman–Crippen MR) is 68.8 cm³/mol. The molecule has 0 amide bonds. The van der Waals surface area contributed by atoms with E-state index in [0.717, 1.165) is 0 Å². The molecule has 2 atom stereocenters. The molecular weight excluding hydrogens is 214 g/mol. The molecule has 0 aliphatic heterocycles. The first-order chi connectivity index (χ1) is 8.02. The molecule has 0 heterocycles. The van der Waals surface area contributed by atoms with Gasteiger partial charge < -0.3 is 10.1 Å². The topological polar surface area (TPSA) is 38.3 Å². The molecule has 94 valence electrons. The van der Waals surface area contributed by atoms with Crippen molar-refractivity contribution in [2.45, 2.75) is 39.3 Å². The van der Waals surface area contributed by atoms with Crippen molar-refractivity contribution in [3.63, 3.8) is 0 Å². The Hall–Kier alpha value is -1.35. The van der Waals surface area contributed by atoms with Gasteiger partial charge in [0.15, 0.2) is 0 Å². The Morgan fingerprint density at radius 1 is 1.41 bits per heavy atom. The van der Waals surface area contributed by atoms with Gasteiger partial charge in [-0.15, -0.1) is 0 Å². The molecule has 1 aromatic carbocycles. The van der Waals surface area contributed by atoms with Crippen LogP contribution in [0.15, 0.2) is 24.3 Å². The van der Waals surface area contributed by atoms with Crippen LogP contribution in [0, 0.1) is 6.92 Å². The highest BCUT2D eigenvalue weighted by molar-refractivity contribution is 5.69. The van der Waals surface area contributed by atoms with E-state index in [0.29, 0.717) is 6.42 Å². The number of methoxy groups -OCH3 is 1. The Kier molecular flexibility index (Phi) is 5.16. The second-order valence-electron chi connectivity index (χ2n) is 4.48. The summed E-state index contributed by atoms with van der Waals surface area (Å²) in [6.07, 6.45) is 0.395. The smallest absolute Gasteiger partial charge is 0.307 e. The minimum absolute atomic E-state index is 0.109. The molecule has 0 aromatic heterocycles. The summed E-state index contributed by atoms with van der Waals surface area (Å²) in [6, 6.07) is 8.72. The maximum atomic E-state index is 11.1. The first-order valence-corrected chi connectivity index (χ1v) is 5.92. The molecule has 0 saturated heterocycles. The highest BCUT2D eigenvalue weighted by Gasteiger charge is 2.12. The molecule has 3 heteroatoms. The second kappa shape index (κ2) is 6.40. The monoisotopic (exact) mass is 235 g/mol. The Labute approximate surface area is 103 Å². The second-order valence-corrected chi connectivity index (χ2v) is 4.48. The Morgan fingerprint density at radius 2 is 2.12 bits per heavy atom. The predicted octanol–water partition coefficient (Wildman–Crippen LogP) is 2.60. The maximum absolute atomic E-state index is 11.1. The first kappa shape index (κ1) is 13.7. The number of esters is 1. The molecule has 0 radical (unpaired) electrons. The summed E-state index contributed by atoms with van der Waals surface area (Å²) in [7, 11) is 1.42. The lowest BCUT2D eigenvalue weighted by Crippen LogP contribution is -2.31. The fourth-order valence-electron chi connectivity index (χ4n) is 1.85. The SMILES string of the molecule is COC(=O)CC(C)N[C@H](C)c1cccc(C)c1. The van der Waals surface area contributed by atoms with Crippen LogP contribution in [0.3, 0.4) is 0 Å². The van der Waals surface area contributed by atoms with Crippen molar-refractivity contribution in [2.75, 3.05) is 7.11 Å². The third kappa shape index (κ3) is 4.57. The van der Waals surface area contributed by atoms with E-state index in [-0.39, 0.29) is 18.1 Å². The fourth-order valence-corrected chi connectivity index (χ4v) is 1.85. The van der Waals surface area contributed by atoms with E-state index >= 15 is 0 Å². The van der Waals surface area contributed by atoms with Gasteiger partial charge in [0, 0.05) is 12.1 Å². The quantitative estimate of drug-likeness (QED) is 0.797. The van der Waals surface area contributed by atoms with Crippen molar-refractivity contribution in [2.24, 2.45) is 0 Å². The number of hydrogen-bond donors (Lipinski definition) is 1. The van der Waals surface area contributed by atoms with Gasteiger partial charge in [-0.2, -0.15) is 0 Å². The zero-order chi connectivity index (χ0) is 12.8. The average molecular weight is 235 g/mol. The van der Waals surface area contributed by atoms with Gasteiger partial charge in [0.25, 0.3) is 0 Å². The zero-order valence-corrected chi connectivity index (χ0v) is 11.0. The van der Waals surface area contributed by atoms with E-state index in [1.165, 1.54) is 18.2 Å². The third-order valence-electron chi connectivity index (χ3n) is 2.78. The van der Waals surface area contributed by atoms with Gasteiger partial charge in [-0.3, -0.25) is 4.79 Å². The van der Waals surface area contributed by atoms with Crippen molar-refractivity contribution < 1.29 is 9.53 Å². The van der Waals surface area contributed by atoms with Crippen LogP contribution in [0.5, 0.6) is 0 Å². The summed E-state index contributed by atoms with van der Waals surface area (Å²) in [5.41, 5.74) is 2.48. The van der Waals surface area contributed by atoms with Gasteiger partial charge in [-0.25, -0.2) is 0 Å². The van der Waals surface area contributed by atoms with Gasteiger partial charge in [-0.05, 0) is 26.3 Å². The van der Waals surface area contributed by atoms with Crippen LogP contribution < -0.4 is 5.32 Å². The molecule has 0 spiro atoms. The maximum Gasteiger partial charge on any atom is 0.307 e. The molecule has 3 nitrogen and oxygen atoms in total. The van der Waals surface area contributed by atoms with Gasteiger partial charge in [0.05, 0.1) is 13.5 Å². The van der Waals surface area contributed by atoms with Crippen LogP contribution in [-0.2, 0) is 9.53 Å². The lowest BCUT2D eigenvalue weighted by molar-refractivity contribution is -0.141. The summed E-state index contributed by atoms with van der Waals surface area (Å²) >= 11 is 0. The van der Waals surface area contributed by atoms with E-state index < -0.39 is 0 Å². The molecule has 17 heavy (non-hydrogen) atoms. The van der Waals surface area contributed by atoms with E-state index in [4.69, 9.17) is 0 Å². The standard InChI is InChI=1S/C14H21NO2/c1-10-6-5-7-13(8-10)12(3)15-11(2)9-14(16)17-4/h5-8,11-12,15H,9H2,1-4H3/t11?,12-/m1/s1. The van der Waals surface area contributed by atoms with E-state index in [1.54, 1.807) is 0 Å².